The highest BCUT2D eigenvalue weighted by atomic mass is 16.5. The molecule has 8 nitrogen and oxygen atoms in total. The molecule has 0 radical (unpaired) electrons. The molecule has 5 N–H and O–H groups in total. The van der Waals surface area contributed by atoms with Crippen molar-refractivity contribution in [3.05, 3.63) is 29.8 Å². The highest BCUT2D eigenvalue weighted by Crippen LogP contribution is 2.12. The number of nitrogens with two attached hydrogens (primary N) is 1. The number of carboxylic acid groups (broad SMARTS) is 2. The molecular formula is C14H18N2O6. The van der Waals surface area contributed by atoms with E-state index in [1.54, 1.807) is 31.2 Å². The van der Waals surface area contributed by atoms with Crippen LogP contribution in [0.1, 0.15) is 18.9 Å². The molecule has 0 unspecified atom stereocenters. The minimum atomic E-state index is -1.65. The lowest BCUT2D eigenvalue weighted by atomic mass is 10.1. The summed E-state index contributed by atoms with van der Waals surface area (Å²) < 4.78 is 5.06. The smallest absolute Gasteiger partial charge is 0.335 e. The van der Waals surface area contributed by atoms with Crippen molar-refractivity contribution in [3.8, 4) is 0 Å². The van der Waals surface area contributed by atoms with Crippen LogP contribution in [-0.2, 0) is 25.7 Å². The molecule has 0 spiro atoms. The molecule has 0 aromatic heterocycles. The van der Waals surface area contributed by atoms with Gasteiger partial charge in [-0.25, -0.2) is 4.79 Å². The lowest BCUT2D eigenvalue weighted by molar-refractivity contribution is -0.159. The van der Waals surface area contributed by atoms with Crippen LogP contribution in [0.15, 0.2) is 24.3 Å². The highest BCUT2D eigenvalue weighted by molar-refractivity contribution is 5.90. The van der Waals surface area contributed by atoms with Crippen LogP contribution in [0.5, 0.6) is 0 Å². The maximum atomic E-state index is 11.2. The lowest BCUT2D eigenvalue weighted by Crippen LogP contribution is -2.47. The van der Waals surface area contributed by atoms with E-state index < -0.39 is 24.1 Å². The third kappa shape index (κ3) is 5.15. The second-order valence-corrected chi connectivity index (χ2v) is 4.53. The van der Waals surface area contributed by atoms with Gasteiger partial charge in [0, 0.05) is 12.1 Å². The molecule has 0 aliphatic carbocycles. The Balaban J connectivity index is 2.64. The van der Waals surface area contributed by atoms with Gasteiger partial charge in [-0.1, -0.05) is 19.1 Å². The Kier molecular flexibility index (Phi) is 6.48. The zero-order valence-corrected chi connectivity index (χ0v) is 12.0. The zero-order chi connectivity index (χ0) is 16.7. The standard InChI is InChI=1S/C14H18N2O6/c1-2-10(17)16-9-5-3-8(4-6-9)7-22-12(14(20)21)11(15)13(18)19/h3-6,11-12H,2,7,15H2,1H3,(H,16,17)(H,18,19)(H,20,21)/t11-,12-/m0/s1. The normalized spacial score (nSPS) is 13.2. The second kappa shape index (κ2) is 8.11. The van der Waals surface area contributed by atoms with Crippen molar-refractivity contribution in [3.63, 3.8) is 0 Å². The first-order chi connectivity index (χ1) is 10.3. The number of carbonyl (C=O) groups excluding carboxylic acids is 1. The van der Waals surface area contributed by atoms with E-state index in [2.05, 4.69) is 5.32 Å². The number of amides is 1. The fourth-order valence-corrected chi connectivity index (χ4v) is 1.58. The van der Waals surface area contributed by atoms with Gasteiger partial charge in [-0.15, -0.1) is 0 Å². The minimum absolute atomic E-state index is 0.111. The summed E-state index contributed by atoms with van der Waals surface area (Å²) in [5.74, 6) is -3.02. The number of benzene rings is 1. The molecule has 0 bridgehead atoms. The predicted octanol–water partition coefficient (Wildman–Crippen LogP) is 0.417. The molecule has 0 saturated carbocycles. The van der Waals surface area contributed by atoms with Crippen molar-refractivity contribution in [1.82, 2.24) is 0 Å². The average molecular weight is 310 g/mol. The fourth-order valence-electron chi connectivity index (χ4n) is 1.58. The summed E-state index contributed by atoms with van der Waals surface area (Å²) in [6, 6.07) is 4.89. The third-order valence-corrected chi connectivity index (χ3v) is 2.84. The van der Waals surface area contributed by atoms with Crippen LogP contribution in [0.25, 0.3) is 0 Å². The van der Waals surface area contributed by atoms with Crippen LogP contribution in [0.4, 0.5) is 5.69 Å². The van der Waals surface area contributed by atoms with E-state index in [-0.39, 0.29) is 12.5 Å². The fraction of sp³-hybridized carbons (Fsp3) is 0.357. The van der Waals surface area contributed by atoms with Gasteiger partial charge in [0.2, 0.25) is 5.91 Å². The third-order valence-electron chi connectivity index (χ3n) is 2.84. The molecule has 8 heteroatoms. The molecule has 1 rings (SSSR count). The van der Waals surface area contributed by atoms with Crippen LogP contribution < -0.4 is 11.1 Å². The van der Waals surface area contributed by atoms with Gasteiger partial charge in [0.1, 0.15) is 6.04 Å². The van der Waals surface area contributed by atoms with Crippen LogP contribution in [0.3, 0.4) is 0 Å². The molecule has 1 aromatic rings. The molecule has 0 heterocycles. The summed E-state index contributed by atoms with van der Waals surface area (Å²) >= 11 is 0. The highest BCUT2D eigenvalue weighted by Gasteiger charge is 2.31. The number of anilines is 1. The van der Waals surface area contributed by atoms with Crippen molar-refractivity contribution >= 4 is 23.5 Å². The van der Waals surface area contributed by atoms with Gasteiger partial charge in [-0.3, -0.25) is 9.59 Å². The van der Waals surface area contributed by atoms with Crippen molar-refractivity contribution in [2.75, 3.05) is 5.32 Å². The Morgan fingerprint density at radius 1 is 1.18 bits per heavy atom. The predicted molar refractivity (Wildman–Crippen MR) is 77.2 cm³/mol. The van der Waals surface area contributed by atoms with E-state index in [4.69, 9.17) is 20.7 Å². The first-order valence-electron chi connectivity index (χ1n) is 6.56. The van der Waals surface area contributed by atoms with Gasteiger partial charge in [0.15, 0.2) is 6.10 Å². The Morgan fingerprint density at radius 3 is 2.23 bits per heavy atom. The van der Waals surface area contributed by atoms with Crippen molar-refractivity contribution in [2.45, 2.75) is 32.1 Å². The monoisotopic (exact) mass is 310 g/mol. The Bertz CT molecular complexity index is 543. The number of rotatable bonds is 8. The van der Waals surface area contributed by atoms with E-state index in [0.29, 0.717) is 17.7 Å². The van der Waals surface area contributed by atoms with Crippen molar-refractivity contribution in [1.29, 1.82) is 0 Å². The second-order valence-electron chi connectivity index (χ2n) is 4.53. The number of hydrogen-bond donors (Lipinski definition) is 4. The maximum Gasteiger partial charge on any atom is 0.335 e. The van der Waals surface area contributed by atoms with E-state index in [1.165, 1.54) is 0 Å². The Labute approximate surface area is 126 Å². The molecule has 0 aliphatic rings. The van der Waals surface area contributed by atoms with E-state index in [1.807, 2.05) is 0 Å². The lowest BCUT2D eigenvalue weighted by Gasteiger charge is -2.17. The van der Waals surface area contributed by atoms with Gasteiger partial charge in [-0.05, 0) is 17.7 Å². The van der Waals surface area contributed by atoms with Crippen molar-refractivity contribution < 1.29 is 29.3 Å². The molecule has 1 amide bonds. The largest absolute Gasteiger partial charge is 0.480 e. The molecule has 0 saturated heterocycles. The van der Waals surface area contributed by atoms with Gasteiger partial charge < -0.3 is 26.0 Å². The Morgan fingerprint density at radius 2 is 1.77 bits per heavy atom. The molecule has 2 atom stereocenters. The van der Waals surface area contributed by atoms with E-state index in [9.17, 15) is 14.4 Å². The SMILES string of the molecule is CCC(=O)Nc1ccc(CO[C@H](C(=O)O)[C@H](N)C(=O)O)cc1. The van der Waals surface area contributed by atoms with Gasteiger partial charge in [0.25, 0.3) is 0 Å². The van der Waals surface area contributed by atoms with E-state index >= 15 is 0 Å². The zero-order valence-electron chi connectivity index (χ0n) is 12.0. The number of carbonyl (C=O) groups is 3. The first-order valence-corrected chi connectivity index (χ1v) is 6.56. The quantitative estimate of drug-likeness (QED) is 0.545. The summed E-state index contributed by atoms with van der Waals surface area (Å²) in [6.45, 7) is 1.62. The van der Waals surface area contributed by atoms with Gasteiger partial charge >= 0.3 is 11.9 Å². The molecule has 0 aliphatic heterocycles. The van der Waals surface area contributed by atoms with Crippen LogP contribution >= 0.6 is 0 Å². The average Bonchev–Trinajstić information content (AvgIpc) is 2.48. The summed E-state index contributed by atoms with van der Waals surface area (Å²) in [4.78, 5) is 32.9. The first kappa shape index (κ1) is 17.6. The summed E-state index contributed by atoms with van der Waals surface area (Å²) in [6.07, 6.45) is -1.28. The topological polar surface area (TPSA) is 139 Å². The molecular weight excluding hydrogens is 292 g/mol. The van der Waals surface area contributed by atoms with Gasteiger partial charge in [0.05, 0.1) is 6.61 Å². The molecule has 22 heavy (non-hydrogen) atoms. The number of carboxylic acids is 2. The number of ether oxygens (including phenoxy) is 1. The number of aliphatic carboxylic acids is 2. The van der Waals surface area contributed by atoms with Crippen LogP contribution in [0, 0.1) is 0 Å². The molecule has 0 fully saturated rings. The number of nitrogens with one attached hydrogen (secondary N) is 1. The minimum Gasteiger partial charge on any atom is -0.480 e. The summed E-state index contributed by atoms with van der Waals surface area (Å²) in [5, 5.41) is 20.3. The number of hydrogen-bond acceptors (Lipinski definition) is 5. The summed E-state index contributed by atoms with van der Waals surface area (Å²) in [5.41, 5.74) is 6.49. The maximum absolute atomic E-state index is 11.2. The molecule has 1 aromatic carbocycles. The Hall–Kier alpha value is -2.45. The van der Waals surface area contributed by atoms with E-state index in [0.717, 1.165) is 0 Å². The van der Waals surface area contributed by atoms with Gasteiger partial charge in [-0.2, -0.15) is 0 Å². The van der Waals surface area contributed by atoms with Crippen molar-refractivity contribution in [2.24, 2.45) is 5.73 Å². The van der Waals surface area contributed by atoms with Crippen LogP contribution in [0.2, 0.25) is 0 Å². The summed E-state index contributed by atoms with van der Waals surface area (Å²) in [7, 11) is 0. The van der Waals surface area contributed by atoms with Crippen LogP contribution in [-0.4, -0.2) is 40.2 Å². The molecule has 120 valence electrons.